The fourth-order valence-corrected chi connectivity index (χ4v) is 4.63. The van der Waals surface area contributed by atoms with Gasteiger partial charge in [0.15, 0.2) is 5.82 Å². The van der Waals surface area contributed by atoms with E-state index in [1.54, 1.807) is 29.2 Å². The van der Waals surface area contributed by atoms with Crippen LogP contribution in [0.1, 0.15) is 35.9 Å². The van der Waals surface area contributed by atoms with E-state index >= 15 is 0 Å². The van der Waals surface area contributed by atoms with Crippen molar-refractivity contribution in [3.05, 3.63) is 65.6 Å². The van der Waals surface area contributed by atoms with E-state index in [9.17, 15) is 13.6 Å². The molecule has 4 aromatic rings. The fraction of sp³-hybridized carbons (Fsp3) is 0.308. The van der Waals surface area contributed by atoms with E-state index in [1.165, 1.54) is 12.3 Å². The number of nitrogens with one attached hydrogen (secondary N) is 2. The molecule has 2 N–H and O–H groups in total. The number of hydrogen-bond donors (Lipinski definition) is 2. The summed E-state index contributed by atoms with van der Waals surface area (Å²) in [6, 6.07) is 8.25. The standard InChI is InChI=1S/C26H27F2N7O/c1-15(2)35-16(3)10-19-20(27)11-18(12-22(19)35)24-21(28)14-31-26(33-24)32-23-5-4-17(13-30-23)25(36)34-8-6-29-7-9-34/h4-5,10-15,29H,6-9H2,1-3H3,(H,30,31,32,33). The van der Waals surface area contributed by atoms with Crippen LogP contribution in [0.25, 0.3) is 22.2 Å². The number of aryl methyl sites for hydroxylation is 1. The average molecular weight is 492 g/mol. The van der Waals surface area contributed by atoms with Crippen molar-refractivity contribution in [3.63, 3.8) is 0 Å². The Labute approximate surface area is 207 Å². The van der Waals surface area contributed by atoms with Gasteiger partial charge in [0.1, 0.15) is 17.3 Å². The van der Waals surface area contributed by atoms with Crippen LogP contribution in [0.5, 0.6) is 0 Å². The summed E-state index contributed by atoms with van der Waals surface area (Å²) in [5.41, 5.74) is 2.37. The average Bonchev–Trinajstić information content (AvgIpc) is 3.22. The van der Waals surface area contributed by atoms with Crippen molar-refractivity contribution in [1.29, 1.82) is 0 Å². The Kier molecular flexibility index (Phi) is 6.36. The van der Waals surface area contributed by atoms with Crippen LogP contribution in [0.15, 0.2) is 42.7 Å². The van der Waals surface area contributed by atoms with Crippen LogP contribution < -0.4 is 10.6 Å². The van der Waals surface area contributed by atoms with Gasteiger partial charge in [0.05, 0.1) is 17.3 Å². The number of carbonyl (C=O) groups excluding carboxylic acids is 1. The highest BCUT2D eigenvalue weighted by Crippen LogP contribution is 2.32. The Balaban J connectivity index is 1.42. The van der Waals surface area contributed by atoms with Crippen molar-refractivity contribution in [1.82, 2.24) is 29.7 Å². The highest BCUT2D eigenvalue weighted by Gasteiger charge is 2.19. The van der Waals surface area contributed by atoms with E-state index in [0.717, 1.165) is 25.0 Å². The van der Waals surface area contributed by atoms with E-state index in [-0.39, 0.29) is 23.6 Å². The number of fused-ring (bicyclic) bond motifs is 1. The van der Waals surface area contributed by atoms with Crippen LogP contribution in [-0.4, -0.2) is 56.5 Å². The molecule has 0 atom stereocenters. The lowest BCUT2D eigenvalue weighted by Crippen LogP contribution is -2.46. The summed E-state index contributed by atoms with van der Waals surface area (Å²) in [4.78, 5) is 27.0. The van der Waals surface area contributed by atoms with Crippen molar-refractivity contribution < 1.29 is 13.6 Å². The molecule has 10 heteroatoms. The van der Waals surface area contributed by atoms with E-state index in [4.69, 9.17) is 0 Å². The maximum absolute atomic E-state index is 15.0. The largest absolute Gasteiger partial charge is 0.342 e. The van der Waals surface area contributed by atoms with Gasteiger partial charge in [-0.1, -0.05) is 0 Å². The molecule has 0 spiro atoms. The third-order valence-electron chi connectivity index (χ3n) is 6.29. The highest BCUT2D eigenvalue weighted by molar-refractivity contribution is 5.94. The molecule has 4 heterocycles. The molecule has 0 aliphatic carbocycles. The predicted molar refractivity (Wildman–Crippen MR) is 134 cm³/mol. The molecule has 8 nitrogen and oxygen atoms in total. The van der Waals surface area contributed by atoms with Crippen LogP contribution in [0.4, 0.5) is 20.5 Å². The monoisotopic (exact) mass is 491 g/mol. The minimum absolute atomic E-state index is 0.0204. The van der Waals surface area contributed by atoms with Gasteiger partial charge in [-0.15, -0.1) is 0 Å². The zero-order valence-corrected chi connectivity index (χ0v) is 20.3. The number of rotatable bonds is 5. The zero-order chi connectivity index (χ0) is 25.4. The van der Waals surface area contributed by atoms with Gasteiger partial charge in [-0.3, -0.25) is 4.79 Å². The molecule has 3 aromatic heterocycles. The number of hydrogen-bond acceptors (Lipinski definition) is 6. The minimum atomic E-state index is -0.663. The Bertz CT molecular complexity index is 1430. The molecule has 5 rings (SSSR count). The minimum Gasteiger partial charge on any atom is -0.342 e. The normalized spacial score (nSPS) is 14.0. The van der Waals surface area contributed by atoms with Crippen molar-refractivity contribution in [2.45, 2.75) is 26.8 Å². The second-order valence-corrected chi connectivity index (χ2v) is 9.13. The SMILES string of the molecule is Cc1cc2c(F)cc(-c3nc(Nc4ccc(C(=O)N5CCNCC5)cn4)ncc3F)cc2n1C(C)C. The lowest BCUT2D eigenvalue weighted by Gasteiger charge is -2.27. The Morgan fingerprint density at radius 2 is 1.83 bits per heavy atom. The Morgan fingerprint density at radius 1 is 1.06 bits per heavy atom. The number of nitrogens with zero attached hydrogens (tertiary/aromatic N) is 5. The van der Waals surface area contributed by atoms with Gasteiger partial charge in [0.25, 0.3) is 5.91 Å². The maximum atomic E-state index is 15.0. The number of anilines is 2. The molecule has 1 aromatic carbocycles. The second kappa shape index (κ2) is 9.62. The number of benzene rings is 1. The molecule has 36 heavy (non-hydrogen) atoms. The molecule has 1 fully saturated rings. The quantitative estimate of drug-likeness (QED) is 0.429. The Morgan fingerprint density at radius 3 is 2.53 bits per heavy atom. The topological polar surface area (TPSA) is 88.0 Å². The van der Waals surface area contributed by atoms with Crippen LogP contribution in [0.2, 0.25) is 0 Å². The third-order valence-corrected chi connectivity index (χ3v) is 6.29. The van der Waals surface area contributed by atoms with E-state index < -0.39 is 11.6 Å². The summed E-state index contributed by atoms with van der Waals surface area (Å²) < 4.78 is 31.7. The van der Waals surface area contributed by atoms with Gasteiger partial charge in [-0.25, -0.2) is 23.7 Å². The molecule has 1 saturated heterocycles. The first-order valence-electron chi connectivity index (χ1n) is 11.9. The van der Waals surface area contributed by atoms with Gasteiger partial charge in [0.2, 0.25) is 5.95 Å². The highest BCUT2D eigenvalue weighted by atomic mass is 19.1. The molecule has 0 radical (unpaired) electrons. The first-order valence-corrected chi connectivity index (χ1v) is 11.9. The summed E-state index contributed by atoms with van der Waals surface area (Å²) in [6.07, 6.45) is 2.53. The number of halogens is 2. The number of amides is 1. The van der Waals surface area contributed by atoms with Crippen molar-refractivity contribution >= 4 is 28.6 Å². The van der Waals surface area contributed by atoms with Crippen LogP contribution in [0, 0.1) is 18.6 Å². The summed E-state index contributed by atoms with van der Waals surface area (Å²) >= 11 is 0. The van der Waals surface area contributed by atoms with E-state index in [2.05, 4.69) is 25.6 Å². The summed E-state index contributed by atoms with van der Waals surface area (Å²) in [5.74, 6) is -0.673. The molecule has 1 amide bonds. The van der Waals surface area contributed by atoms with Gasteiger partial charge in [-0.05, 0) is 51.1 Å². The summed E-state index contributed by atoms with van der Waals surface area (Å²) in [7, 11) is 0. The Hall–Kier alpha value is -3.92. The number of aromatic nitrogens is 4. The van der Waals surface area contributed by atoms with Crippen molar-refractivity contribution in [2.75, 3.05) is 31.5 Å². The van der Waals surface area contributed by atoms with Gasteiger partial charge in [-0.2, -0.15) is 0 Å². The third kappa shape index (κ3) is 4.51. The number of piperazine rings is 1. The first-order chi connectivity index (χ1) is 17.3. The van der Waals surface area contributed by atoms with E-state index in [0.29, 0.717) is 40.9 Å². The molecule has 1 aliphatic rings. The zero-order valence-electron chi connectivity index (χ0n) is 20.3. The number of carbonyl (C=O) groups is 1. The molecular formula is C26H27F2N7O. The molecule has 0 bridgehead atoms. The van der Waals surface area contributed by atoms with E-state index in [1.807, 2.05) is 25.3 Å². The maximum Gasteiger partial charge on any atom is 0.255 e. The molecule has 186 valence electrons. The van der Waals surface area contributed by atoms with Crippen LogP contribution >= 0.6 is 0 Å². The molecule has 1 aliphatic heterocycles. The van der Waals surface area contributed by atoms with Crippen molar-refractivity contribution in [3.8, 4) is 11.3 Å². The first kappa shape index (κ1) is 23.8. The van der Waals surface area contributed by atoms with Crippen LogP contribution in [-0.2, 0) is 0 Å². The smallest absolute Gasteiger partial charge is 0.255 e. The molecular weight excluding hydrogens is 464 g/mol. The molecule has 0 saturated carbocycles. The summed E-state index contributed by atoms with van der Waals surface area (Å²) in [5, 5.41) is 6.64. The van der Waals surface area contributed by atoms with Gasteiger partial charge in [0, 0.05) is 55.1 Å². The fourth-order valence-electron chi connectivity index (χ4n) is 4.63. The second-order valence-electron chi connectivity index (χ2n) is 9.13. The predicted octanol–water partition coefficient (Wildman–Crippen LogP) is 4.45. The lowest BCUT2D eigenvalue weighted by molar-refractivity contribution is 0.0735. The van der Waals surface area contributed by atoms with Gasteiger partial charge >= 0.3 is 0 Å². The van der Waals surface area contributed by atoms with Crippen molar-refractivity contribution in [2.24, 2.45) is 0 Å². The summed E-state index contributed by atoms with van der Waals surface area (Å²) in [6.45, 7) is 8.78. The van der Waals surface area contributed by atoms with Crippen LogP contribution in [0.3, 0.4) is 0 Å². The molecule has 0 unspecified atom stereocenters. The number of pyridine rings is 1. The lowest BCUT2D eigenvalue weighted by atomic mass is 10.1. The van der Waals surface area contributed by atoms with Gasteiger partial charge < -0.3 is 20.1 Å².